The Morgan fingerprint density at radius 3 is 2.11 bits per heavy atom. The smallest absolute Gasteiger partial charge is 0.223 e. The van der Waals surface area contributed by atoms with Crippen molar-refractivity contribution in [3.05, 3.63) is 25.6 Å². The van der Waals surface area contributed by atoms with Crippen LogP contribution in [0.1, 0.15) is 27.7 Å². The van der Waals surface area contributed by atoms with Crippen molar-refractivity contribution in [3.8, 4) is 0 Å². The molecule has 2 amide bonds. The standard InChI is InChI=1S/C14H24N2O3/c1-7-15(13(5)17)9-12(4)19-10-11(3)16(8-2)14(6)18/h7-8,11-12H,1-2,9-10H2,3-6H3. The summed E-state index contributed by atoms with van der Waals surface area (Å²) in [5, 5.41) is 0. The Kier molecular flexibility index (Phi) is 7.75. The van der Waals surface area contributed by atoms with Gasteiger partial charge in [-0.1, -0.05) is 13.2 Å². The molecule has 0 fully saturated rings. The van der Waals surface area contributed by atoms with Crippen molar-refractivity contribution >= 4 is 11.8 Å². The van der Waals surface area contributed by atoms with Gasteiger partial charge in [0.15, 0.2) is 0 Å². The fourth-order valence-corrected chi connectivity index (χ4v) is 1.66. The molecule has 5 heteroatoms. The molecule has 0 N–H and O–H groups in total. The zero-order chi connectivity index (χ0) is 15.0. The summed E-state index contributed by atoms with van der Waals surface area (Å²) >= 11 is 0. The van der Waals surface area contributed by atoms with Gasteiger partial charge >= 0.3 is 0 Å². The van der Waals surface area contributed by atoms with E-state index in [0.29, 0.717) is 13.2 Å². The van der Waals surface area contributed by atoms with Gasteiger partial charge in [-0.25, -0.2) is 0 Å². The van der Waals surface area contributed by atoms with E-state index in [1.165, 1.54) is 36.0 Å². The molecule has 0 aliphatic carbocycles. The van der Waals surface area contributed by atoms with E-state index in [2.05, 4.69) is 13.2 Å². The Bertz CT molecular complexity index is 342. The molecular formula is C14H24N2O3. The first kappa shape index (κ1) is 17.4. The van der Waals surface area contributed by atoms with Gasteiger partial charge < -0.3 is 14.5 Å². The fraction of sp³-hybridized carbons (Fsp3) is 0.571. The second kappa shape index (κ2) is 8.48. The second-order valence-corrected chi connectivity index (χ2v) is 4.46. The van der Waals surface area contributed by atoms with E-state index in [1.54, 1.807) is 0 Å². The molecule has 0 saturated carbocycles. The highest BCUT2D eigenvalue weighted by Gasteiger charge is 2.16. The third-order valence-electron chi connectivity index (χ3n) is 2.74. The highest BCUT2D eigenvalue weighted by Crippen LogP contribution is 2.04. The zero-order valence-corrected chi connectivity index (χ0v) is 12.3. The largest absolute Gasteiger partial charge is 0.375 e. The molecule has 0 aliphatic heterocycles. The van der Waals surface area contributed by atoms with E-state index in [1.807, 2.05) is 13.8 Å². The number of rotatable bonds is 8. The molecule has 2 atom stereocenters. The third-order valence-corrected chi connectivity index (χ3v) is 2.74. The van der Waals surface area contributed by atoms with Crippen molar-refractivity contribution < 1.29 is 14.3 Å². The van der Waals surface area contributed by atoms with Crippen LogP contribution in [0.5, 0.6) is 0 Å². The van der Waals surface area contributed by atoms with Gasteiger partial charge in [-0.15, -0.1) is 0 Å². The van der Waals surface area contributed by atoms with Gasteiger partial charge in [-0.3, -0.25) is 9.59 Å². The van der Waals surface area contributed by atoms with Crippen LogP contribution in [-0.2, 0) is 14.3 Å². The van der Waals surface area contributed by atoms with Crippen molar-refractivity contribution in [2.24, 2.45) is 0 Å². The SMILES string of the molecule is C=CN(CC(C)OCC(C)N(C=C)C(C)=O)C(C)=O. The Morgan fingerprint density at radius 2 is 1.74 bits per heavy atom. The van der Waals surface area contributed by atoms with E-state index in [4.69, 9.17) is 4.74 Å². The summed E-state index contributed by atoms with van der Waals surface area (Å²) in [6.45, 7) is 14.7. The first-order chi connectivity index (χ1) is 8.83. The van der Waals surface area contributed by atoms with Crippen LogP contribution in [0, 0.1) is 0 Å². The summed E-state index contributed by atoms with van der Waals surface area (Å²) in [5.74, 6) is -0.148. The minimum atomic E-state index is -0.136. The first-order valence-electron chi connectivity index (χ1n) is 6.26. The van der Waals surface area contributed by atoms with Gasteiger partial charge in [-0.2, -0.15) is 0 Å². The number of nitrogens with zero attached hydrogens (tertiary/aromatic N) is 2. The van der Waals surface area contributed by atoms with E-state index in [0.717, 1.165) is 0 Å². The van der Waals surface area contributed by atoms with Crippen LogP contribution in [0.3, 0.4) is 0 Å². The van der Waals surface area contributed by atoms with Crippen molar-refractivity contribution in [2.75, 3.05) is 13.2 Å². The molecule has 0 aromatic heterocycles. The minimum absolute atomic E-state index is 0.0739. The summed E-state index contributed by atoms with van der Waals surface area (Å²) in [6.07, 6.45) is 2.84. The number of amides is 2. The highest BCUT2D eigenvalue weighted by atomic mass is 16.5. The number of carbonyl (C=O) groups excluding carboxylic acids is 2. The molecule has 0 radical (unpaired) electrons. The van der Waals surface area contributed by atoms with Crippen LogP contribution in [0.4, 0.5) is 0 Å². The molecule has 0 spiro atoms. The van der Waals surface area contributed by atoms with Crippen LogP contribution >= 0.6 is 0 Å². The van der Waals surface area contributed by atoms with Gasteiger partial charge in [-0.05, 0) is 26.2 Å². The zero-order valence-electron chi connectivity index (χ0n) is 12.3. The van der Waals surface area contributed by atoms with Crippen molar-refractivity contribution in [3.63, 3.8) is 0 Å². The molecule has 0 bridgehead atoms. The lowest BCUT2D eigenvalue weighted by atomic mass is 10.3. The summed E-state index contributed by atoms with van der Waals surface area (Å²) in [6, 6.07) is -0.0908. The summed E-state index contributed by atoms with van der Waals surface area (Å²) in [5.41, 5.74) is 0. The number of hydrogen-bond donors (Lipinski definition) is 0. The Morgan fingerprint density at radius 1 is 1.16 bits per heavy atom. The molecule has 0 saturated heterocycles. The molecule has 2 unspecified atom stereocenters. The number of hydrogen-bond acceptors (Lipinski definition) is 3. The Hall–Kier alpha value is -1.62. The lowest BCUT2D eigenvalue weighted by Crippen LogP contribution is -2.38. The van der Waals surface area contributed by atoms with E-state index < -0.39 is 0 Å². The topological polar surface area (TPSA) is 49.9 Å². The van der Waals surface area contributed by atoms with Gasteiger partial charge in [0.25, 0.3) is 0 Å². The van der Waals surface area contributed by atoms with E-state index in [-0.39, 0.29) is 24.0 Å². The van der Waals surface area contributed by atoms with Gasteiger partial charge in [0.1, 0.15) is 0 Å². The van der Waals surface area contributed by atoms with Crippen LogP contribution in [0.25, 0.3) is 0 Å². The molecule has 0 heterocycles. The fourth-order valence-electron chi connectivity index (χ4n) is 1.66. The Balaban J connectivity index is 4.25. The molecular weight excluding hydrogens is 244 g/mol. The van der Waals surface area contributed by atoms with Crippen molar-refractivity contribution in [1.29, 1.82) is 0 Å². The molecule has 0 aromatic carbocycles. The van der Waals surface area contributed by atoms with Crippen LogP contribution in [0.15, 0.2) is 25.6 Å². The number of carbonyl (C=O) groups is 2. The lowest BCUT2D eigenvalue weighted by Gasteiger charge is -2.27. The normalized spacial score (nSPS) is 13.3. The summed E-state index contributed by atoms with van der Waals surface area (Å²) in [7, 11) is 0. The average Bonchev–Trinajstić information content (AvgIpc) is 2.33. The Labute approximate surface area is 115 Å². The third kappa shape index (κ3) is 6.20. The highest BCUT2D eigenvalue weighted by molar-refractivity contribution is 5.74. The first-order valence-corrected chi connectivity index (χ1v) is 6.26. The molecule has 108 valence electrons. The van der Waals surface area contributed by atoms with E-state index in [9.17, 15) is 9.59 Å². The second-order valence-electron chi connectivity index (χ2n) is 4.46. The molecule has 5 nitrogen and oxygen atoms in total. The van der Waals surface area contributed by atoms with Crippen LogP contribution in [-0.4, -0.2) is 46.9 Å². The molecule has 0 aromatic rings. The maximum atomic E-state index is 11.3. The maximum Gasteiger partial charge on any atom is 0.223 e. The summed E-state index contributed by atoms with van der Waals surface area (Å²) in [4.78, 5) is 25.5. The molecule has 0 rings (SSSR count). The van der Waals surface area contributed by atoms with Gasteiger partial charge in [0.05, 0.1) is 25.3 Å². The average molecular weight is 268 g/mol. The molecule has 19 heavy (non-hydrogen) atoms. The summed E-state index contributed by atoms with van der Waals surface area (Å²) < 4.78 is 5.64. The maximum absolute atomic E-state index is 11.3. The van der Waals surface area contributed by atoms with Crippen LogP contribution < -0.4 is 0 Å². The van der Waals surface area contributed by atoms with Crippen molar-refractivity contribution in [1.82, 2.24) is 9.80 Å². The predicted octanol–water partition coefficient (Wildman–Crippen LogP) is 1.76. The quantitative estimate of drug-likeness (QED) is 0.674. The molecule has 0 aliphatic rings. The van der Waals surface area contributed by atoms with E-state index >= 15 is 0 Å². The predicted molar refractivity (Wildman–Crippen MR) is 75.2 cm³/mol. The lowest BCUT2D eigenvalue weighted by molar-refractivity contribution is -0.129. The van der Waals surface area contributed by atoms with Gasteiger partial charge in [0.2, 0.25) is 11.8 Å². The monoisotopic (exact) mass is 268 g/mol. The minimum Gasteiger partial charge on any atom is -0.375 e. The van der Waals surface area contributed by atoms with Crippen LogP contribution in [0.2, 0.25) is 0 Å². The number of ether oxygens (including phenoxy) is 1. The van der Waals surface area contributed by atoms with Gasteiger partial charge in [0, 0.05) is 13.8 Å². The van der Waals surface area contributed by atoms with Crippen molar-refractivity contribution in [2.45, 2.75) is 39.8 Å².